The Balaban J connectivity index is 2.38. The summed E-state index contributed by atoms with van der Waals surface area (Å²) in [6.07, 6.45) is 2.50. The molecule has 0 aromatic heterocycles. The van der Waals surface area contributed by atoms with Crippen molar-refractivity contribution in [2.45, 2.75) is 39.3 Å². The first-order valence-corrected chi connectivity index (χ1v) is 6.76. The lowest BCUT2D eigenvalue weighted by Crippen LogP contribution is -2.19. The van der Waals surface area contributed by atoms with Gasteiger partial charge < -0.3 is 15.4 Å². The minimum Gasteiger partial charge on any atom is -0.491 e. The minimum atomic E-state index is 0.231. The third-order valence-electron chi connectivity index (χ3n) is 2.74. The lowest BCUT2D eigenvalue weighted by molar-refractivity contribution is 0.242. The van der Waals surface area contributed by atoms with E-state index >= 15 is 0 Å². The highest BCUT2D eigenvalue weighted by atomic mass is 16.5. The van der Waals surface area contributed by atoms with Gasteiger partial charge in [0.25, 0.3) is 0 Å². The van der Waals surface area contributed by atoms with Gasteiger partial charge in [0.05, 0.1) is 6.10 Å². The first kappa shape index (κ1) is 15.0. The van der Waals surface area contributed by atoms with Crippen LogP contribution in [0.2, 0.25) is 0 Å². The molecule has 0 amide bonds. The maximum atomic E-state index is 5.63. The largest absolute Gasteiger partial charge is 0.491 e. The molecule has 102 valence electrons. The van der Waals surface area contributed by atoms with Gasteiger partial charge in [0.2, 0.25) is 0 Å². The molecule has 1 aromatic rings. The molecule has 0 atom stereocenters. The Morgan fingerprint density at radius 1 is 1.17 bits per heavy atom. The Morgan fingerprint density at radius 3 is 2.39 bits per heavy atom. The van der Waals surface area contributed by atoms with E-state index in [4.69, 9.17) is 10.5 Å². The van der Waals surface area contributed by atoms with Crippen molar-refractivity contribution in [1.29, 1.82) is 0 Å². The van der Waals surface area contributed by atoms with Crippen LogP contribution in [0.5, 0.6) is 5.75 Å². The third-order valence-corrected chi connectivity index (χ3v) is 2.74. The number of rotatable bonds is 8. The summed E-state index contributed by atoms with van der Waals surface area (Å²) >= 11 is 0. The van der Waals surface area contributed by atoms with E-state index in [-0.39, 0.29) is 6.10 Å². The molecule has 18 heavy (non-hydrogen) atoms. The Bertz CT molecular complexity index is 322. The summed E-state index contributed by atoms with van der Waals surface area (Å²) in [5.74, 6) is 0.944. The molecule has 3 nitrogen and oxygen atoms in total. The average molecular weight is 250 g/mol. The topological polar surface area (TPSA) is 38.5 Å². The van der Waals surface area contributed by atoms with Crippen molar-refractivity contribution < 1.29 is 4.74 Å². The van der Waals surface area contributed by atoms with Crippen molar-refractivity contribution >= 4 is 0 Å². The zero-order valence-corrected chi connectivity index (χ0v) is 11.9. The van der Waals surface area contributed by atoms with Crippen LogP contribution in [-0.4, -0.2) is 31.1 Å². The maximum Gasteiger partial charge on any atom is 0.119 e. The van der Waals surface area contributed by atoms with Crippen molar-refractivity contribution in [1.82, 2.24) is 4.90 Å². The summed E-state index contributed by atoms with van der Waals surface area (Å²) in [5, 5.41) is 0. The van der Waals surface area contributed by atoms with Gasteiger partial charge in [-0.2, -0.15) is 0 Å². The quantitative estimate of drug-likeness (QED) is 0.721. The summed E-state index contributed by atoms with van der Waals surface area (Å²) < 4.78 is 5.63. The van der Waals surface area contributed by atoms with Crippen molar-refractivity contribution in [2.75, 3.05) is 20.1 Å². The lowest BCUT2D eigenvalue weighted by Gasteiger charge is -2.17. The van der Waals surface area contributed by atoms with E-state index in [1.165, 1.54) is 12.0 Å². The van der Waals surface area contributed by atoms with Crippen molar-refractivity contribution in [3.05, 3.63) is 29.8 Å². The van der Waals surface area contributed by atoms with Gasteiger partial charge in [-0.25, -0.2) is 0 Å². The SMILES string of the molecule is CC(C)Oc1ccc(CN(C)CCCCN)cc1. The highest BCUT2D eigenvalue weighted by Gasteiger charge is 2.01. The van der Waals surface area contributed by atoms with Crippen LogP contribution in [0.4, 0.5) is 0 Å². The van der Waals surface area contributed by atoms with Crippen LogP contribution < -0.4 is 10.5 Å². The fraction of sp³-hybridized carbons (Fsp3) is 0.600. The first-order chi connectivity index (χ1) is 8.61. The van der Waals surface area contributed by atoms with E-state index in [9.17, 15) is 0 Å². The molecule has 0 saturated carbocycles. The molecular weight excluding hydrogens is 224 g/mol. The first-order valence-electron chi connectivity index (χ1n) is 6.76. The van der Waals surface area contributed by atoms with Crippen LogP contribution in [-0.2, 0) is 6.54 Å². The predicted molar refractivity (Wildman–Crippen MR) is 76.8 cm³/mol. The second kappa shape index (κ2) is 8.11. The summed E-state index contributed by atoms with van der Waals surface area (Å²) in [5.41, 5.74) is 6.81. The fourth-order valence-electron chi connectivity index (χ4n) is 1.86. The zero-order valence-electron chi connectivity index (χ0n) is 11.9. The molecule has 0 heterocycles. The van der Waals surface area contributed by atoms with Gasteiger partial charge in [-0.1, -0.05) is 12.1 Å². The highest BCUT2D eigenvalue weighted by Crippen LogP contribution is 2.14. The van der Waals surface area contributed by atoms with Crippen LogP contribution >= 0.6 is 0 Å². The van der Waals surface area contributed by atoms with Crippen LogP contribution in [0.1, 0.15) is 32.3 Å². The highest BCUT2D eigenvalue weighted by molar-refractivity contribution is 5.27. The Morgan fingerprint density at radius 2 is 1.83 bits per heavy atom. The predicted octanol–water partition coefficient (Wildman–Crippen LogP) is 2.64. The summed E-state index contributed by atoms with van der Waals surface area (Å²) in [6.45, 7) is 6.95. The molecule has 3 heteroatoms. The van der Waals surface area contributed by atoms with Crippen molar-refractivity contribution in [3.8, 4) is 5.75 Å². The van der Waals surface area contributed by atoms with E-state index in [0.717, 1.165) is 31.8 Å². The van der Waals surface area contributed by atoms with Crippen LogP contribution in [0, 0.1) is 0 Å². The molecule has 0 unspecified atom stereocenters. The van der Waals surface area contributed by atoms with E-state index < -0.39 is 0 Å². The van der Waals surface area contributed by atoms with E-state index in [1.54, 1.807) is 0 Å². The van der Waals surface area contributed by atoms with Crippen LogP contribution in [0.15, 0.2) is 24.3 Å². The number of nitrogens with zero attached hydrogens (tertiary/aromatic N) is 1. The van der Waals surface area contributed by atoms with Gasteiger partial charge in [-0.05, 0) is 64.5 Å². The Kier molecular flexibility index (Phi) is 6.76. The Labute approximate surface area is 111 Å². The molecule has 0 aliphatic heterocycles. The second-order valence-corrected chi connectivity index (χ2v) is 5.04. The molecule has 0 radical (unpaired) electrons. The standard InChI is InChI=1S/C15H26N2O/c1-13(2)18-15-8-6-14(7-9-15)12-17(3)11-5-4-10-16/h6-9,13H,4-5,10-12,16H2,1-3H3. The van der Waals surface area contributed by atoms with Gasteiger partial charge in [0.15, 0.2) is 0 Å². The van der Waals surface area contributed by atoms with E-state index in [1.807, 2.05) is 26.0 Å². The average Bonchev–Trinajstić information content (AvgIpc) is 2.31. The van der Waals surface area contributed by atoms with Gasteiger partial charge in [-0.3, -0.25) is 0 Å². The number of hydrogen-bond acceptors (Lipinski definition) is 3. The van der Waals surface area contributed by atoms with E-state index in [0.29, 0.717) is 0 Å². The van der Waals surface area contributed by atoms with E-state index in [2.05, 4.69) is 24.1 Å². The molecule has 0 bridgehead atoms. The van der Waals surface area contributed by atoms with Gasteiger partial charge in [0.1, 0.15) is 5.75 Å². The molecular formula is C15H26N2O. The lowest BCUT2D eigenvalue weighted by atomic mass is 10.2. The molecule has 1 rings (SSSR count). The molecule has 2 N–H and O–H groups in total. The summed E-state index contributed by atoms with van der Waals surface area (Å²) in [4.78, 5) is 2.33. The molecule has 0 aliphatic rings. The third kappa shape index (κ3) is 6.03. The van der Waals surface area contributed by atoms with Crippen molar-refractivity contribution in [2.24, 2.45) is 5.73 Å². The molecule has 0 fully saturated rings. The summed E-state index contributed by atoms with van der Waals surface area (Å²) in [7, 11) is 2.15. The van der Waals surface area contributed by atoms with Gasteiger partial charge >= 0.3 is 0 Å². The van der Waals surface area contributed by atoms with Crippen molar-refractivity contribution in [3.63, 3.8) is 0 Å². The number of ether oxygens (including phenoxy) is 1. The Hall–Kier alpha value is -1.06. The molecule has 1 aromatic carbocycles. The number of hydrogen-bond donors (Lipinski definition) is 1. The number of unbranched alkanes of at least 4 members (excludes halogenated alkanes) is 1. The zero-order chi connectivity index (χ0) is 13.4. The smallest absolute Gasteiger partial charge is 0.119 e. The number of nitrogens with two attached hydrogens (primary N) is 1. The minimum absolute atomic E-state index is 0.231. The molecule has 0 spiro atoms. The second-order valence-electron chi connectivity index (χ2n) is 5.04. The van der Waals surface area contributed by atoms with Gasteiger partial charge in [-0.15, -0.1) is 0 Å². The van der Waals surface area contributed by atoms with Crippen LogP contribution in [0.25, 0.3) is 0 Å². The number of benzene rings is 1. The summed E-state index contributed by atoms with van der Waals surface area (Å²) in [6, 6.07) is 8.36. The van der Waals surface area contributed by atoms with Gasteiger partial charge in [0, 0.05) is 6.54 Å². The fourth-order valence-corrected chi connectivity index (χ4v) is 1.86. The molecule has 0 aliphatic carbocycles. The molecule has 0 saturated heterocycles. The van der Waals surface area contributed by atoms with Crippen LogP contribution in [0.3, 0.4) is 0 Å². The normalized spacial score (nSPS) is 11.2. The maximum absolute atomic E-state index is 5.63. The monoisotopic (exact) mass is 250 g/mol.